The lowest BCUT2D eigenvalue weighted by Crippen LogP contribution is -1.89. The van der Waals surface area contributed by atoms with Crippen molar-refractivity contribution in [1.82, 2.24) is 4.98 Å². The highest BCUT2D eigenvalue weighted by Gasteiger charge is 2.05. The predicted octanol–water partition coefficient (Wildman–Crippen LogP) is 5.25. The molecule has 0 saturated heterocycles. The van der Waals surface area contributed by atoms with Gasteiger partial charge in [0.15, 0.2) is 5.13 Å². The van der Waals surface area contributed by atoms with Gasteiger partial charge in [0.25, 0.3) is 0 Å². The molecule has 0 spiro atoms. The first-order valence-corrected chi connectivity index (χ1v) is 7.32. The highest BCUT2D eigenvalue weighted by Crippen LogP contribution is 2.30. The van der Waals surface area contributed by atoms with Gasteiger partial charge in [-0.25, -0.2) is 9.37 Å². The fourth-order valence-electron chi connectivity index (χ4n) is 1.75. The van der Waals surface area contributed by atoms with Crippen molar-refractivity contribution in [1.29, 1.82) is 0 Å². The quantitative estimate of drug-likeness (QED) is 0.691. The molecule has 5 heteroatoms. The average molecular weight is 337 g/mol. The molecule has 1 aromatic heterocycles. The minimum atomic E-state index is -0.235. The van der Waals surface area contributed by atoms with E-state index in [0.29, 0.717) is 0 Å². The van der Waals surface area contributed by atoms with Crippen LogP contribution in [0.5, 0.6) is 0 Å². The molecule has 2 aromatic carbocycles. The summed E-state index contributed by atoms with van der Waals surface area (Å²) in [4.78, 5) is 4.43. The molecule has 96 valence electrons. The van der Waals surface area contributed by atoms with Gasteiger partial charge in [-0.3, -0.25) is 0 Å². The molecule has 19 heavy (non-hydrogen) atoms. The molecule has 0 fully saturated rings. The molecular formula is C14H10BrFN2S. The Kier molecular flexibility index (Phi) is 3.24. The van der Waals surface area contributed by atoms with Crippen LogP contribution >= 0.6 is 27.3 Å². The number of hydrogen-bond acceptors (Lipinski definition) is 3. The highest BCUT2D eigenvalue weighted by atomic mass is 79.9. The van der Waals surface area contributed by atoms with Gasteiger partial charge in [0.2, 0.25) is 0 Å². The average Bonchev–Trinajstić information content (AvgIpc) is 2.75. The van der Waals surface area contributed by atoms with Crippen LogP contribution in [-0.4, -0.2) is 4.98 Å². The SMILES string of the molecule is Cc1ccc(Nc2nc3ccc(F)cc3s2)cc1Br. The Morgan fingerprint density at radius 3 is 2.84 bits per heavy atom. The Labute approximate surface area is 122 Å². The number of halogens is 2. The molecule has 2 nitrogen and oxygen atoms in total. The summed E-state index contributed by atoms with van der Waals surface area (Å²) in [6, 6.07) is 10.6. The van der Waals surface area contributed by atoms with Crippen LogP contribution < -0.4 is 5.32 Å². The van der Waals surface area contributed by atoms with Crippen LogP contribution in [0.15, 0.2) is 40.9 Å². The van der Waals surface area contributed by atoms with Crippen molar-refractivity contribution in [3.63, 3.8) is 0 Å². The minimum absolute atomic E-state index is 0.235. The lowest BCUT2D eigenvalue weighted by molar-refractivity contribution is 0.630. The fraction of sp³-hybridized carbons (Fsp3) is 0.0714. The van der Waals surface area contributed by atoms with Crippen LogP contribution in [0.3, 0.4) is 0 Å². The van der Waals surface area contributed by atoms with E-state index in [9.17, 15) is 4.39 Å². The molecule has 0 amide bonds. The van der Waals surface area contributed by atoms with Crippen molar-refractivity contribution < 1.29 is 4.39 Å². The number of nitrogens with zero attached hydrogens (tertiary/aromatic N) is 1. The second-order valence-electron chi connectivity index (χ2n) is 4.22. The third-order valence-corrected chi connectivity index (χ3v) is 4.56. The number of benzene rings is 2. The largest absolute Gasteiger partial charge is 0.331 e. The van der Waals surface area contributed by atoms with E-state index in [0.717, 1.165) is 25.5 Å². The third-order valence-electron chi connectivity index (χ3n) is 2.77. The van der Waals surface area contributed by atoms with Crippen LogP contribution in [0.25, 0.3) is 10.2 Å². The fourth-order valence-corrected chi connectivity index (χ4v) is 3.04. The van der Waals surface area contributed by atoms with Gasteiger partial charge in [-0.2, -0.15) is 0 Å². The first kappa shape index (κ1) is 12.6. The molecule has 0 aliphatic heterocycles. The highest BCUT2D eigenvalue weighted by molar-refractivity contribution is 9.10. The van der Waals surface area contributed by atoms with Crippen molar-refractivity contribution >= 4 is 48.3 Å². The van der Waals surface area contributed by atoms with Crippen molar-refractivity contribution in [2.45, 2.75) is 6.92 Å². The number of hydrogen-bond donors (Lipinski definition) is 1. The van der Waals surface area contributed by atoms with Crippen molar-refractivity contribution in [2.75, 3.05) is 5.32 Å². The Bertz CT molecular complexity index is 754. The summed E-state index contributed by atoms with van der Waals surface area (Å²) in [7, 11) is 0. The monoisotopic (exact) mass is 336 g/mol. The van der Waals surface area contributed by atoms with Crippen molar-refractivity contribution in [3.05, 3.63) is 52.3 Å². The first-order valence-electron chi connectivity index (χ1n) is 5.71. The smallest absolute Gasteiger partial charge is 0.188 e. The van der Waals surface area contributed by atoms with Gasteiger partial charge in [0.1, 0.15) is 5.82 Å². The number of anilines is 2. The molecule has 0 atom stereocenters. The number of rotatable bonds is 2. The van der Waals surface area contributed by atoms with Gasteiger partial charge in [0, 0.05) is 10.2 Å². The standard InChI is InChI=1S/C14H10BrFN2S/c1-8-2-4-10(7-11(8)15)17-14-18-12-5-3-9(16)6-13(12)19-14/h2-7H,1H3,(H,17,18). The number of nitrogens with one attached hydrogen (secondary N) is 1. The van der Waals surface area contributed by atoms with Crippen molar-refractivity contribution in [2.24, 2.45) is 0 Å². The maximum atomic E-state index is 13.1. The number of thiazole rings is 1. The molecule has 0 radical (unpaired) electrons. The molecule has 0 aliphatic carbocycles. The molecule has 0 unspecified atom stereocenters. The van der Waals surface area contributed by atoms with E-state index in [1.165, 1.54) is 29.0 Å². The van der Waals surface area contributed by atoms with E-state index in [2.05, 4.69) is 26.2 Å². The summed E-state index contributed by atoms with van der Waals surface area (Å²) in [5.74, 6) is -0.235. The molecule has 3 aromatic rings. The van der Waals surface area contributed by atoms with E-state index in [1.807, 2.05) is 25.1 Å². The zero-order valence-corrected chi connectivity index (χ0v) is 12.5. The van der Waals surface area contributed by atoms with Gasteiger partial charge >= 0.3 is 0 Å². The van der Waals surface area contributed by atoms with E-state index < -0.39 is 0 Å². The first-order chi connectivity index (χ1) is 9.11. The Balaban J connectivity index is 1.94. The maximum Gasteiger partial charge on any atom is 0.188 e. The van der Waals surface area contributed by atoms with Gasteiger partial charge in [0.05, 0.1) is 10.2 Å². The molecule has 3 rings (SSSR count). The lowest BCUT2D eigenvalue weighted by atomic mass is 10.2. The lowest BCUT2D eigenvalue weighted by Gasteiger charge is -2.04. The Hall–Kier alpha value is -1.46. The second-order valence-corrected chi connectivity index (χ2v) is 6.11. The van der Waals surface area contributed by atoms with Crippen LogP contribution in [0, 0.1) is 12.7 Å². The normalized spacial score (nSPS) is 10.9. The zero-order valence-electron chi connectivity index (χ0n) is 10.1. The van der Waals surface area contributed by atoms with Gasteiger partial charge < -0.3 is 5.32 Å². The van der Waals surface area contributed by atoms with Gasteiger partial charge in [-0.05, 0) is 42.8 Å². The van der Waals surface area contributed by atoms with Crippen molar-refractivity contribution in [3.8, 4) is 0 Å². The summed E-state index contributed by atoms with van der Waals surface area (Å²) in [6.45, 7) is 2.04. The van der Waals surface area contributed by atoms with E-state index >= 15 is 0 Å². The third kappa shape index (κ3) is 2.62. The maximum absolute atomic E-state index is 13.1. The molecule has 0 saturated carbocycles. The number of aromatic nitrogens is 1. The number of aryl methyl sites for hydroxylation is 1. The second kappa shape index (κ2) is 4.90. The van der Waals surface area contributed by atoms with E-state index in [1.54, 1.807) is 6.07 Å². The summed E-state index contributed by atoms with van der Waals surface area (Å²) >= 11 is 4.94. The topological polar surface area (TPSA) is 24.9 Å². The van der Waals surface area contributed by atoms with Gasteiger partial charge in [-0.15, -0.1) is 0 Å². The van der Waals surface area contributed by atoms with Crippen LogP contribution in [0.1, 0.15) is 5.56 Å². The predicted molar refractivity (Wildman–Crippen MR) is 81.7 cm³/mol. The summed E-state index contributed by atoms with van der Waals surface area (Å²) < 4.78 is 15.0. The van der Waals surface area contributed by atoms with E-state index in [4.69, 9.17) is 0 Å². The molecule has 0 aliphatic rings. The Morgan fingerprint density at radius 1 is 1.21 bits per heavy atom. The molecule has 1 heterocycles. The van der Waals surface area contributed by atoms with Gasteiger partial charge in [-0.1, -0.05) is 33.3 Å². The van der Waals surface area contributed by atoms with E-state index in [-0.39, 0.29) is 5.82 Å². The van der Waals surface area contributed by atoms with Crippen LogP contribution in [-0.2, 0) is 0 Å². The zero-order chi connectivity index (χ0) is 13.4. The molecular weight excluding hydrogens is 327 g/mol. The minimum Gasteiger partial charge on any atom is -0.331 e. The molecule has 0 bridgehead atoms. The van der Waals surface area contributed by atoms with Crippen LogP contribution in [0.2, 0.25) is 0 Å². The summed E-state index contributed by atoms with van der Waals surface area (Å²) in [6.07, 6.45) is 0. The summed E-state index contributed by atoms with van der Waals surface area (Å²) in [5, 5.41) is 4.00. The molecule has 1 N–H and O–H groups in total. The van der Waals surface area contributed by atoms with Crippen LogP contribution in [0.4, 0.5) is 15.2 Å². The summed E-state index contributed by atoms with van der Waals surface area (Å²) in [5.41, 5.74) is 2.94. The number of fused-ring (bicyclic) bond motifs is 1. The Morgan fingerprint density at radius 2 is 2.05 bits per heavy atom.